The summed E-state index contributed by atoms with van der Waals surface area (Å²) in [5.41, 5.74) is 5.09. The number of aliphatic carboxylic acids is 1. The topological polar surface area (TPSA) is 122 Å². The van der Waals surface area contributed by atoms with Crippen molar-refractivity contribution in [1.82, 2.24) is 10.6 Å². The van der Waals surface area contributed by atoms with Crippen molar-refractivity contribution < 1.29 is 19.5 Å². The normalized spacial score (nSPS) is 14.4. The molecule has 0 aliphatic heterocycles. The lowest BCUT2D eigenvalue weighted by Crippen LogP contribution is -2.53. The van der Waals surface area contributed by atoms with Gasteiger partial charge in [-0.3, -0.25) is 9.59 Å². The Labute approximate surface area is 125 Å². The molecule has 7 nitrogen and oxygen atoms in total. The number of urea groups is 1. The summed E-state index contributed by atoms with van der Waals surface area (Å²) in [5, 5.41) is 14.0. The van der Waals surface area contributed by atoms with Crippen molar-refractivity contribution in [1.29, 1.82) is 0 Å². The van der Waals surface area contributed by atoms with Crippen molar-refractivity contribution in [2.75, 3.05) is 0 Å². The van der Waals surface area contributed by atoms with E-state index in [9.17, 15) is 14.4 Å². The van der Waals surface area contributed by atoms with Gasteiger partial charge >= 0.3 is 12.0 Å². The second kappa shape index (κ2) is 7.85. The Hall–Kier alpha value is -1.79. The maximum absolute atomic E-state index is 11.9. The molecule has 0 rings (SSSR count). The molecule has 0 aliphatic carbocycles. The minimum Gasteiger partial charge on any atom is -0.481 e. The van der Waals surface area contributed by atoms with E-state index in [1.807, 2.05) is 20.8 Å². The third-order valence-corrected chi connectivity index (χ3v) is 2.87. The van der Waals surface area contributed by atoms with Crippen LogP contribution in [0.4, 0.5) is 4.79 Å². The van der Waals surface area contributed by atoms with Crippen LogP contribution in [0.15, 0.2) is 0 Å². The zero-order chi connectivity index (χ0) is 16.8. The van der Waals surface area contributed by atoms with Gasteiger partial charge in [0, 0.05) is 6.04 Å². The smallest absolute Gasteiger partial charge is 0.315 e. The van der Waals surface area contributed by atoms with Crippen LogP contribution in [0, 0.1) is 11.3 Å². The number of hydrogen-bond donors (Lipinski definition) is 4. The molecule has 0 saturated carbocycles. The van der Waals surface area contributed by atoms with E-state index in [4.69, 9.17) is 10.8 Å². The molecule has 0 spiro atoms. The highest BCUT2D eigenvalue weighted by molar-refractivity contribution is 5.86. The molecule has 0 saturated heterocycles. The third kappa shape index (κ3) is 8.88. The number of rotatable bonds is 7. The van der Waals surface area contributed by atoms with Crippen LogP contribution in [0.25, 0.3) is 0 Å². The number of carbonyl (C=O) groups is 3. The highest BCUT2D eigenvalue weighted by Crippen LogP contribution is 2.22. The van der Waals surface area contributed by atoms with Crippen LogP contribution in [0.1, 0.15) is 47.5 Å². The zero-order valence-electron chi connectivity index (χ0n) is 13.4. The lowest BCUT2D eigenvalue weighted by molar-refractivity contribution is -0.137. The van der Waals surface area contributed by atoms with Crippen LogP contribution in [0.2, 0.25) is 0 Å². The van der Waals surface area contributed by atoms with Crippen molar-refractivity contribution in [2.24, 2.45) is 17.1 Å². The molecular weight excluding hydrogens is 274 g/mol. The molecule has 0 aromatic carbocycles. The standard InChI is InChI=1S/C14H27N3O4/c1-8(2)11(12(15)20)17-13(21)16-9(6-10(18)19)7-14(3,4)5/h8-9,11H,6-7H2,1-5H3,(H2,15,20)(H,18,19)(H2,16,17,21). The number of amides is 3. The van der Waals surface area contributed by atoms with Gasteiger partial charge in [0.2, 0.25) is 5.91 Å². The van der Waals surface area contributed by atoms with E-state index in [0.717, 1.165) is 0 Å². The van der Waals surface area contributed by atoms with Gasteiger partial charge in [0.1, 0.15) is 6.04 Å². The number of hydrogen-bond acceptors (Lipinski definition) is 3. The summed E-state index contributed by atoms with van der Waals surface area (Å²) in [6.45, 7) is 9.41. The second-order valence-corrected chi connectivity index (χ2v) is 6.80. The summed E-state index contributed by atoms with van der Waals surface area (Å²) in [5.74, 6) is -1.75. The molecular formula is C14H27N3O4. The summed E-state index contributed by atoms with van der Waals surface area (Å²) in [4.78, 5) is 34.0. The average Bonchev–Trinajstić information content (AvgIpc) is 2.21. The fraction of sp³-hybridized carbons (Fsp3) is 0.786. The Kier molecular flexibility index (Phi) is 7.18. The lowest BCUT2D eigenvalue weighted by atomic mass is 9.87. The fourth-order valence-electron chi connectivity index (χ4n) is 2.06. The number of carboxylic acids is 1. The van der Waals surface area contributed by atoms with E-state index in [2.05, 4.69) is 10.6 Å². The van der Waals surface area contributed by atoms with Gasteiger partial charge in [-0.25, -0.2) is 4.79 Å². The van der Waals surface area contributed by atoms with Gasteiger partial charge in [-0.2, -0.15) is 0 Å². The summed E-state index contributed by atoms with van der Waals surface area (Å²) >= 11 is 0. The predicted octanol–water partition coefficient (Wildman–Crippen LogP) is 1.08. The third-order valence-electron chi connectivity index (χ3n) is 2.87. The molecule has 0 aromatic rings. The predicted molar refractivity (Wildman–Crippen MR) is 79.6 cm³/mol. The quantitative estimate of drug-likeness (QED) is 0.562. The van der Waals surface area contributed by atoms with Gasteiger partial charge in [-0.15, -0.1) is 0 Å². The Morgan fingerprint density at radius 3 is 2.00 bits per heavy atom. The van der Waals surface area contributed by atoms with E-state index in [-0.39, 0.29) is 17.8 Å². The Bertz CT molecular complexity index is 388. The molecule has 0 radical (unpaired) electrons. The van der Waals surface area contributed by atoms with Crippen molar-refractivity contribution in [3.63, 3.8) is 0 Å². The minimum absolute atomic E-state index is 0.130. The van der Waals surface area contributed by atoms with Gasteiger partial charge in [0.25, 0.3) is 0 Å². The number of primary amides is 1. The molecule has 7 heteroatoms. The van der Waals surface area contributed by atoms with Crippen LogP contribution in [0.5, 0.6) is 0 Å². The summed E-state index contributed by atoms with van der Waals surface area (Å²) in [6, 6.07) is -1.88. The van der Waals surface area contributed by atoms with Gasteiger partial charge in [0.05, 0.1) is 6.42 Å². The first-order valence-corrected chi connectivity index (χ1v) is 7.00. The molecule has 0 fully saturated rings. The van der Waals surface area contributed by atoms with E-state index >= 15 is 0 Å². The van der Waals surface area contributed by atoms with Gasteiger partial charge < -0.3 is 21.5 Å². The Balaban J connectivity index is 4.72. The molecule has 0 aromatic heterocycles. The SMILES string of the molecule is CC(C)C(NC(=O)NC(CC(=O)O)CC(C)(C)C)C(N)=O. The average molecular weight is 301 g/mol. The highest BCUT2D eigenvalue weighted by Gasteiger charge is 2.26. The monoisotopic (exact) mass is 301 g/mol. The number of nitrogens with one attached hydrogen (secondary N) is 2. The Morgan fingerprint density at radius 2 is 1.67 bits per heavy atom. The maximum Gasteiger partial charge on any atom is 0.315 e. The van der Waals surface area contributed by atoms with Crippen LogP contribution in [-0.2, 0) is 9.59 Å². The molecule has 2 unspecified atom stereocenters. The number of nitrogens with two attached hydrogens (primary N) is 1. The van der Waals surface area contributed by atoms with E-state index < -0.39 is 30.0 Å². The molecule has 5 N–H and O–H groups in total. The molecule has 21 heavy (non-hydrogen) atoms. The van der Waals surface area contributed by atoms with Gasteiger partial charge in [-0.05, 0) is 17.8 Å². The molecule has 0 aliphatic rings. The van der Waals surface area contributed by atoms with Crippen LogP contribution in [0.3, 0.4) is 0 Å². The Morgan fingerprint density at radius 1 is 1.14 bits per heavy atom. The van der Waals surface area contributed by atoms with Crippen molar-refractivity contribution in [3.8, 4) is 0 Å². The first kappa shape index (κ1) is 19.2. The fourth-order valence-corrected chi connectivity index (χ4v) is 2.06. The summed E-state index contributed by atoms with van der Waals surface area (Å²) in [7, 11) is 0. The lowest BCUT2D eigenvalue weighted by Gasteiger charge is -2.27. The highest BCUT2D eigenvalue weighted by atomic mass is 16.4. The number of carbonyl (C=O) groups excluding carboxylic acids is 2. The molecule has 2 atom stereocenters. The first-order valence-electron chi connectivity index (χ1n) is 7.00. The molecule has 0 heterocycles. The largest absolute Gasteiger partial charge is 0.481 e. The summed E-state index contributed by atoms with van der Waals surface area (Å²) < 4.78 is 0. The maximum atomic E-state index is 11.9. The van der Waals surface area contributed by atoms with E-state index in [0.29, 0.717) is 6.42 Å². The number of carboxylic acid groups (broad SMARTS) is 1. The van der Waals surface area contributed by atoms with Crippen molar-refractivity contribution >= 4 is 17.9 Å². The van der Waals surface area contributed by atoms with Gasteiger partial charge in [0.15, 0.2) is 0 Å². The van der Waals surface area contributed by atoms with Crippen LogP contribution < -0.4 is 16.4 Å². The first-order chi connectivity index (χ1) is 9.42. The van der Waals surface area contributed by atoms with Gasteiger partial charge in [-0.1, -0.05) is 34.6 Å². The molecule has 0 bridgehead atoms. The summed E-state index contributed by atoms with van der Waals surface area (Å²) in [6.07, 6.45) is 0.337. The van der Waals surface area contributed by atoms with Crippen LogP contribution >= 0.6 is 0 Å². The van der Waals surface area contributed by atoms with Crippen molar-refractivity contribution in [3.05, 3.63) is 0 Å². The minimum atomic E-state index is -0.986. The second-order valence-electron chi connectivity index (χ2n) is 6.80. The van der Waals surface area contributed by atoms with Crippen molar-refractivity contribution in [2.45, 2.75) is 59.5 Å². The van der Waals surface area contributed by atoms with Crippen LogP contribution in [-0.4, -0.2) is 35.1 Å². The van der Waals surface area contributed by atoms with E-state index in [1.165, 1.54) is 0 Å². The zero-order valence-corrected chi connectivity index (χ0v) is 13.4. The van der Waals surface area contributed by atoms with E-state index in [1.54, 1.807) is 13.8 Å². The molecule has 3 amide bonds. The molecule has 122 valence electrons.